The lowest BCUT2D eigenvalue weighted by molar-refractivity contribution is -0.153. The Labute approximate surface area is 139 Å². The maximum atomic E-state index is 12.5. The third kappa shape index (κ3) is 3.31. The molecule has 0 spiro atoms. The molecular weight excluding hydrogens is 290 g/mol. The quantitative estimate of drug-likeness (QED) is 0.752. The van der Waals surface area contributed by atoms with Crippen molar-refractivity contribution in [2.24, 2.45) is 0 Å². The minimum absolute atomic E-state index is 0.0771. The first kappa shape index (κ1) is 19.0. The van der Waals surface area contributed by atoms with Gasteiger partial charge in [0.15, 0.2) is 0 Å². The van der Waals surface area contributed by atoms with Crippen molar-refractivity contribution in [1.29, 1.82) is 5.26 Å². The fraction of sp³-hybridized carbons (Fsp3) is 0.611. The highest BCUT2D eigenvalue weighted by Gasteiger charge is 2.56. The van der Waals surface area contributed by atoms with E-state index in [2.05, 4.69) is 12.6 Å². The Hall–Kier alpha value is -2.09. The average Bonchev–Trinajstić information content (AvgIpc) is 2.42. The van der Waals surface area contributed by atoms with E-state index in [-0.39, 0.29) is 11.8 Å². The van der Waals surface area contributed by atoms with Gasteiger partial charge in [-0.15, -0.1) is 0 Å². The fourth-order valence-electron chi connectivity index (χ4n) is 4.02. The molecule has 5 heteroatoms. The molecule has 0 radical (unpaired) electrons. The molecule has 0 bridgehead atoms. The summed E-state index contributed by atoms with van der Waals surface area (Å²) in [5.41, 5.74) is -2.10. The van der Waals surface area contributed by atoms with Crippen LogP contribution in [0.15, 0.2) is 24.8 Å². The molecule has 0 aliphatic carbocycles. The second-order valence-electron chi connectivity index (χ2n) is 7.40. The van der Waals surface area contributed by atoms with Crippen LogP contribution in [0.1, 0.15) is 47.5 Å². The molecule has 1 saturated heterocycles. The molecule has 1 heterocycles. The van der Waals surface area contributed by atoms with Gasteiger partial charge in [0.05, 0.1) is 6.07 Å². The number of carbonyl (C=O) groups is 2. The van der Waals surface area contributed by atoms with Gasteiger partial charge in [-0.3, -0.25) is 9.59 Å². The molecule has 1 aliphatic rings. The Kier molecular flexibility index (Phi) is 5.10. The number of hydrogen-bond acceptors (Lipinski definition) is 3. The van der Waals surface area contributed by atoms with E-state index in [1.165, 1.54) is 11.0 Å². The molecular formula is C18H27N3O2. The van der Waals surface area contributed by atoms with Gasteiger partial charge >= 0.3 is 0 Å². The Morgan fingerprint density at radius 1 is 1.22 bits per heavy atom. The van der Waals surface area contributed by atoms with E-state index < -0.39 is 16.6 Å². The monoisotopic (exact) mass is 317 g/mol. The first-order valence-electron chi connectivity index (χ1n) is 7.76. The SMILES string of the molecule is C=CC(=O)N(C)C1(C#N)CC(C)(C)N(C(=O)C=CC)C(C)(C)C1. The summed E-state index contributed by atoms with van der Waals surface area (Å²) in [5, 5.41) is 9.85. The molecule has 0 aromatic rings. The predicted molar refractivity (Wildman–Crippen MR) is 90.4 cm³/mol. The van der Waals surface area contributed by atoms with Gasteiger partial charge in [-0.1, -0.05) is 12.7 Å². The van der Waals surface area contributed by atoms with E-state index in [4.69, 9.17) is 0 Å². The number of allylic oxidation sites excluding steroid dienone is 1. The molecule has 2 amide bonds. The van der Waals surface area contributed by atoms with Crippen LogP contribution in [-0.4, -0.2) is 45.3 Å². The number of nitriles is 1. The van der Waals surface area contributed by atoms with E-state index >= 15 is 0 Å². The third-order valence-corrected chi connectivity index (χ3v) is 4.55. The van der Waals surface area contributed by atoms with Gasteiger partial charge in [0.25, 0.3) is 0 Å². The summed E-state index contributed by atoms with van der Waals surface area (Å²) in [4.78, 5) is 27.9. The zero-order valence-electron chi connectivity index (χ0n) is 15.0. The van der Waals surface area contributed by atoms with Crippen LogP contribution in [0.4, 0.5) is 0 Å². The number of likely N-dealkylation sites (tertiary alicyclic amines) is 1. The van der Waals surface area contributed by atoms with E-state index in [0.29, 0.717) is 12.8 Å². The summed E-state index contributed by atoms with van der Waals surface area (Å²) in [6.45, 7) is 13.1. The highest BCUT2D eigenvalue weighted by Crippen LogP contribution is 2.45. The zero-order chi connectivity index (χ0) is 18.1. The molecule has 1 fully saturated rings. The lowest BCUT2D eigenvalue weighted by atomic mass is 9.68. The van der Waals surface area contributed by atoms with E-state index in [0.717, 1.165) is 0 Å². The van der Waals surface area contributed by atoms with Gasteiger partial charge < -0.3 is 9.80 Å². The maximum Gasteiger partial charge on any atom is 0.247 e. The highest BCUT2D eigenvalue weighted by atomic mass is 16.2. The minimum atomic E-state index is -0.967. The zero-order valence-corrected chi connectivity index (χ0v) is 15.0. The minimum Gasteiger partial charge on any atom is -0.329 e. The van der Waals surface area contributed by atoms with Crippen LogP contribution in [0.25, 0.3) is 0 Å². The first-order chi connectivity index (χ1) is 10.5. The number of piperidine rings is 1. The van der Waals surface area contributed by atoms with Gasteiger partial charge in [-0.2, -0.15) is 5.26 Å². The number of amides is 2. The largest absolute Gasteiger partial charge is 0.329 e. The summed E-state index contributed by atoms with van der Waals surface area (Å²) in [6, 6.07) is 2.34. The Balaban J connectivity index is 3.39. The van der Waals surface area contributed by atoms with Crippen LogP contribution >= 0.6 is 0 Å². The molecule has 0 aromatic carbocycles. The molecule has 1 rings (SSSR count). The van der Waals surface area contributed by atoms with Gasteiger partial charge in [0.2, 0.25) is 11.8 Å². The predicted octanol–water partition coefficient (Wildman–Crippen LogP) is 2.65. The normalized spacial score (nSPS) is 21.5. The van der Waals surface area contributed by atoms with Gasteiger partial charge in [-0.25, -0.2) is 0 Å². The standard InChI is InChI=1S/C18H27N3O2/c1-8-10-15(23)21-16(3,4)11-18(13-19,12-17(21,5)6)20(7)14(22)9-2/h8-10H,2,11-12H2,1,3-7H3. The Bertz CT molecular complexity index is 564. The second-order valence-corrected chi connectivity index (χ2v) is 7.40. The molecule has 1 aliphatic heterocycles. The van der Waals surface area contributed by atoms with Crippen LogP contribution in [0.5, 0.6) is 0 Å². The Morgan fingerprint density at radius 3 is 2.04 bits per heavy atom. The van der Waals surface area contributed by atoms with Crippen molar-refractivity contribution in [2.45, 2.75) is 64.1 Å². The van der Waals surface area contributed by atoms with Gasteiger partial charge in [0, 0.05) is 31.0 Å². The topological polar surface area (TPSA) is 64.4 Å². The molecule has 0 aromatic heterocycles. The smallest absolute Gasteiger partial charge is 0.247 e. The molecule has 0 unspecified atom stereocenters. The van der Waals surface area contributed by atoms with E-state index in [1.807, 2.05) is 32.6 Å². The van der Waals surface area contributed by atoms with E-state index in [9.17, 15) is 14.9 Å². The first-order valence-corrected chi connectivity index (χ1v) is 7.76. The molecule has 126 valence electrons. The second kappa shape index (κ2) is 6.19. The lowest BCUT2D eigenvalue weighted by Crippen LogP contribution is -2.70. The average molecular weight is 317 g/mol. The number of carbonyl (C=O) groups excluding carboxylic acids is 2. The molecule has 23 heavy (non-hydrogen) atoms. The van der Waals surface area contributed by atoms with Crippen molar-refractivity contribution in [3.8, 4) is 6.07 Å². The number of likely N-dealkylation sites (N-methyl/N-ethyl adjacent to an activating group) is 1. The number of rotatable bonds is 3. The van der Waals surface area contributed by atoms with Crippen molar-refractivity contribution in [1.82, 2.24) is 9.80 Å². The van der Waals surface area contributed by atoms with Crippen molar-refractivity contribution in [3.05, 3.63) is 24.8 Å². The maximum absolute atomic E-state index is 12.5. The third-order valence-electron chi connectivity index (χ3n) is 4.55. The van der Waals surface area contributed by atoms with Crippen molar-refractivity contribution in [3.63, 3.8) is 0 Å². The number of nitrogens with zero attached hydrogens (tertiary/aromatic N) is 3. The highest BCUT2D eigenvalue weighted by molar-refractivity contribution is 5.89. The summed E-state index contributed by atoms with van der Waals surface area (Å²) in [6.07, 6.45) is 5.25. The van der Waals surface area contributed by atoms with Crippen LogP contribution in [0, 0.1) is 11.3 Å². The fourth-order valence-corrected chi connectivity index (χ4v) is 4.02. The molecule has 5 nitrogen and oxygen atoms in total. The summed E-state index contributed by atoms with van der Waals surface area (Å²) in [7, 11) is 1.63. The molecule has 0 saturated carbocycles. The number of hydrogen-bond donors (Lipinski definition) is 0. The van der Waals surface area contributed by atoms with Crippen LogP contribution < -0.4 is 0 Å². The van der Waals surface area contributed by atoms with Crippen LogP contribution in [0.3, 0.4) is 0 Å². The molecule has 0 atom stereocenters. The summed E-state index contributed by atoms with van der Waals surface area (Å²) >= 11 is 0. The van der Waals surface area contributed by atoms with Crippen molar-refractivity contribution < 1.29 is 9.59 Å². The van der Waals surface area contributed by atoms with Crippen molar-refractivity contribution in [2.75, 3.05) is 7.05 Å². The molecule has 0 N–H and O–H groups in total. The van der Waals surface area contributed by atoms with Crippen LogP contribution in [-0.2, 0) is 9.59 Å². The summed E-state index contributed by atoms with van der Waals surface area (Å²) < 4.78 is 0. The van der Waals surface area contributed by atoms with Crippen molar-refractivity contribution >= 4 is 11.8 Å². The Morgan fingerprint density at radius 2 is 1.70 bits per heavy atom. The van der Waals surface area contributed by atoms with Gasteiger partial charge in [-0.05, 0) is 46.8 Å². The summed E-state index contributed by atoms with van der Waals surface area (Å²) in [5.74, 6) is -0.363. The van der Waals surface area contributed by atoms with Crippen LogP contribution in [0.2, 0.25) is 0 Å². The lowest BCUT2D eigenvalue weighted by Gasteiger charge is -2.59. The van der Waals surface area contributed by atoms with E-state index in [1.54, 1.807) is 26.1 Å². The van der Waals surface area contributed by atoms with Gasteiger partial charge in [0.1, 0.15) is 5.54 Å².